The van der Waals surface area contributed by atoms with Crippen LogP contribution in [0.5, 0.6) is 0 Å². The second-order valence-corrected chi connectivity index (χ2v) is 3.48. The third-order valence-corrected chi connectivity index (χ3v) is 2.29. The lowest BCUT2D eigenvalue weighted by Gasteiger charge is -1.96. The maximum atomic E-state index is 13.2. The molecule has 0 saturated carbocycles. The van der Waals surface area contributed by atoms with Crippen LogP contribution in [0.4, 0.5) is 4.39 Å². The minimum Gasteiger partial charge on any atom is -0.341 e. The van der Waals surface area contributed by atoms with Gasteiger partial charge < -0.3 is 10.7 Å². The van der Waals surface area contributed by atoms with Crippen LogP contribution in [0.2, 0.25) is 0 Å². The topological polar surface area (TPSA) is 54.7 Å². The van der Waals surface area contributed by atoms with Gasteiger partial charge in [0.05, 0.1) is 17.1 Å². The van der Waals surface area contributed by atoms with E-state index in [-0.39, 0.29) is 11.9 Å². The van der Waals surface area contributed by atoms with E-state index in [1.54, 1.807) is 13.0 Å². The van der Waals surface area contributed by atoms with Crippen LogP contribution in [0, 0.1) is 12.7 Å². The van der Waals surface area contributed by atoms with Gasteiger partial charge in [-0.15, -0.1) is 0 Å². The van der Waals surface area contributed by atoms with Gasteiger partial charge in [-0.25, -0.2) is 9.37 Å². The average molecular weight is 193 g/mol. The second kappa shape index (κ2) is 3.06. The Morgan fingerprint density at radius 3 is 2.86 bits per heavy atom. The van der Waals surface area contributed by atoms with Crippen molar-refractivity contribution in [3.63, 3.8) is 0 Å². The Morgan fingerprint density at radius 2 is 2.21 bits per heavy atom. The first-order valence-electron chi connectivity index (χ1n) is 4.50. The molecular weight excluding hydrogens is 181 g/mol. The number of hydrogen-bond acceptors (Lipinski definition) is 2. The van der Waals surface area contributed by atoms with Crippen molar-refractivity contribution in [2.75, 3.05) is 0 Å². The molecule has 0 bridgehead atoms. The third-order valence-electron chi connectivity index (χ3n) is 2.29. The zero-order valence-electron chi connectivity index (χ0n) is 8.13. The van der Waals surface area contributed by atoms with Crippen molar-refractivity contribution < 1.29 is 4.39 Å². The van der Waals surface area contributed by atoms with Gasteiger partial charge in [-0.05, 0) is 26.0 Å². The maximum absolute atomic E-state index is 13.2. The van der Waals surface area contributed by atoms with E-state index in [0.717, 1.165) is 5.52 Å². The fourth-order valence-corrected chi connectivity index (χ4v) is 1.42. The number of aromatic amines is 1. The van der Waals surface area contributed by atoms with Crippen LogP contribution in [0.3, 0.4) is 0 Å². The first kappa shape index (κ1) is 9.15. The highest BCUT2D eigenvalue weighted by Crippen LogP contribution is 2.20. The molecule has 1 heterocycles. The van der Waals surface area contributed by atoms with Crippen molar-refractivity contribution in [2.45, 2.75) is 19.9 Å². The number of nitrogens with two attached hydrogens (primary N) is 1. The molecule has 2 rings (SSSR count). The molecule has 1 unspecified atom stereocenters. The van der Waals surface area contributed by atoms with Crippen molar-refractivity contribution in [1.82, 2.24) is 9.97 Å². The van der Waals surface area contributed by atoms with Crippen molar-refractivity contribution in [2.24, 2.45) is 5.73 Å². The van der Waals surface area contributed by atoms with Crippen LogP contribution in [-0.4, -0.2) is 9.97 Å². The number of benzene rings is 1. The Morgan fingerprint density at radius 1 is 1.50 bits per heavy atom. The fraction of sp³-hybridized carbons (Fsp3) is 0.300. The molecule has 1 atom stereocenters. The van der Waals surface area contributed by atoms with E-state index in [1.165, 1.54) is 6.07 Å². The molecule has 0 radical (unpaired) electrons. The lowest BCUT2D eigenvalue weighted by Crippen LogP contribution is -2.06. The Hall–Kier alpha value is -1.42. The summed E-state index contributed by atoms with van der Waals surface area (Å²) in [6.45, 7) is 3.55. The highest BCUT2D eigenvalue weighted by Gasteiger charge is 2.10. The largest absolute Gasteiger partial charge is 0.341 e. The number of aryl methyl sites for hydroxylation is 1. The lowest BCUT2D eigenvalue weighted by atomic mass is 10.2. The molecule has 0 aliphatic rings. The quantitative estimate of drug-likeness (QED) is 0.728. The molecule has 0 spiro atoms. The van der Waals surface area contributed by atoms with Crippen molar-refractivity contribution in [3.05, 3.63) is 29.3 Å². The van der Waals surface area contributed by atoms with Gasteiger partial charge in [0.25, 0.3) is 0 Å². The Labute approximate surface area is 81.1 Å². The van der Waals surface area contributed by atoms with Crippen LogP contribution < -0.4 is 5.73 Å². The maximum Gasteiger partial charge on any atom is 0.128 e. The second-order valence-electron chi connectivity index (χ2n) is 3.48. The van der Waals surface area contributed by atoms with Crippen molar-refractivity contribution in [3.8, 4) is 0 Å². The number of fused-ring (bicyclic) bond motifs is 1. The molecule has 0 amide bonds. The number of hydrogen-bond donors (Lipinski definition) is 2. The van der Waals surface area contributed by atoms with Gasteiger partial charge in [0.2, 0.25) is 0 Å². The summed E-state index contributed by atoms with van der Waals surface area (Å²) in [5, 5.41) is 0. The zero-order chi connectivity index (χ0) is 10.3. The van der Waals surface area contributed by atoms with Gasteiger partial charge in [0.1, 0.15) is 11.6 Å². The molecule has 4 heteroatoms. The van der Waals surface area contributed by atoms with Crippen LogP contribution in [0.25, 0.3) is 11.0 Å². The summed E-state index contributed by atoms with van der Waals surface area (Å²) >= 11 is 0. The van der Waals surface area contributed by atoms with E-state index < -0.39 is 0 Å². The van der Waals surface area contributed by atoms with Crippen LogP contribution in [-0.2, 0) is 0 Å². The third kappa shape index (κ3) is 1.28. The van der Waals surface area contributed by atoms with Crippen LogP contribution in [0.15, 0.2) is 12.1 Å². The Kier molecular flexibility index (Phi) is 2.00. The molecule has 0 aliphatic heterocycles. The van der Waals surface area contributed by atoms with E-state index in [0.29, 0.717) is 16.9 Å². The monoisotopic (exact) mass is 193 g/mol. The molecule has 0 aliphatic carbocycles. The standard InChI is InChI=1S/C10H12FN3/c1-5-7(11)3-4-8-9(5)14-10(13-8)6(2)12/h3-4,6H,12H2,1-2H3,(H,13,14). The normalized spacial score (nSPS) is 13.4. The molecule has 74 valence electrons. The number of imidazole rings is 1. The van der Waals surface area contributed by atoms with Gasteiger partial charge in [0, 0.05) is 5.56 Å². The Bertz CT molecular complexity index is 473. The molecule has 1 aromatic carbocycles. The van der Waals surface area contributed by atoms with Gasteiger partial charge in [-0.2, -0.15) is 0 Å². The highest BCUT2D eigenvalue weighted by atomic mass is 19.1. The predicted octanol–water partition coefficient (Wildman–Crippen LogP) is 2.03. The summed E-state index contributed by atoms with van der Waals surface area (Å²) in [4.78, 5) is 7.31. The number of aromatic nitrogens is 2. The minimum atomic E-state index is -0.236. The van der Waals surface area contributed by atoms with E-state index in [9.17, 15) is 4.39 Å². The summed E-state index contributed by atoms with van der Waals surface area (Å²) in [5.74, 6) is 0.453. The molecule has 14 heavy (non-hydrogen) atoms. The minimum absolute atomic E-state index is 0.162. The van der Waals surface area contributed by atoms with E-state index in [4.69, 9.17) is 5.73 Å². The predicted molar refractivity (Wildman–Crippen MR) is 53.4 cm³/mol. The van der Waals surface area contributed by atoms with E-state index in [1.807, 2.05) is 6.92 Å². The molecule has 1 aromatic heterocycles. The zero-order valence-corrected chi connectivity index (χ0v) is 8.13. The molecule has 3 N–H and O–H groups in total. The summed E-state index contributed by atoms with van der Waals surface area (Å²) in [5.41, 5.74) is 7.73. The lowest BCUT2D eigenvalue weighted by molar-refractivity contribution is 0.620. The van der Waals surface area contributed by atoms with Crippen molar-refractivity contribution >= 4 is 11.0 Å². The number of H-pyrrole nitrogens is 1. The molecule has 3 nitrogen and oxygen atoms in total. The number of nitrogens with zero attached hydrogens (tertiary/aromatic N) is 1. The van der Waals surface area contributed by atoms with Crippen LogP contribution in [0.1, 0.15) is 24.4 Å². The molecule has 0 fully saturated rings. The summed E-state index contributed by atoms with van der Waals surface area (Å²) in [7, 11) is 0. The number of rotatable bonds is 1. The summed E-state index contributed by atoms with van der Waals surface area (Å²) in [6.07, 6.45) is 0. The van der Waals surface area contributed by atoms with E-state index in [2.05, 4.69) is 9.97 Å². The number of nitrogens with one attached hydrogen (secondary N) is 1. The summed E-state index contributed by atoms with van der Waals surface area (Å²) in [6, 6.07) is 2.95. The van der Waals surface area contributed by atoms with Gasteiger partial charge in [-0.1, -0.05) is 0 Å². The van der Waals surface area contributed by atoms with E-state index >= 15 is 0 Å². The first-order valence-corrected chi connectivity index (χ1v) is 4.50. The molecule has 0 saturated heterocycles. The number of halogens is 1. The fourth-order valence-electron chi connectivity index (χ4n) is 1.42. The van der Waals surface area contributed by atoms with Crippen LogP contribution >= 0.6 is 0 Å². The molecular formula is C10H12FN3. The smallest absolute Gasteiger partial charge is 0.128 e. The average Bonchev–Trinajstić information content (AvgIpc) is 2.56. The van der Waals surface area contributed by atoms with Crippen molar-refractivity contribution in [1.29, 1.82) is 0 Å². The highest BCUT2D eigenvalue weighted by molar-refractivity contribution is 5.78. The summed E-state index contributed by atoms with van der Waals surface area (Å²) < 4.78 is 13.2. The van der Waals surface area contributed by atoms with Gasteiger partial charge >= 0.3 is 0 Å². The SMILES string of the molecule is Cc1c(F)ccc2[nH]c(C(C)N)nc12. The van der Waals surface area contributed by atoms with Gasteiger partial charge in [0.15, 0.2) is 0 Å². The first-order chi connectivity index (χ1) is 6.59. The Balaban J connectivity index is 2.71. The molecule has 2 aromatic rings. The van der Waals surface area contributed by atoms with Gasteiger partial charge in [-0.3, -0.25) is 0 Å².